The highest BCUT2D eigenvalue weighted by atomic mass is 16.6. The van der Waals surface area contributed by atoms with Gasteiger partial charge in [0.25, 0.3) is 0 Å². The van der Waals surface area contributed by atoms with E-state index >= 15 is 0 Å². The Morgan fingerprint density at radius 3 is 2.59 bits per heavy atom. The summed E-state index contributed by atoms with van der Waals surface area (Å²) in [5.74, 6) is 1.41. The van der Waals surface area contributed by atoms with Crippen LogP contribution in [0.5, 0.6) is 5.75 Å². The van der Waals surface area contributed by atoms with E-state index in [-0.39, 0.29) is 24.1 Å². The molecule has 5 heteroatoms. The molecular formula is C24H33NO4. The standard InChI is InChI=1S/C24H33NO4/c1-24(2,3)29-23(27)25-19-5-4-6-20(25)15-18(14-19)21(26)9-7-16-8-10-22-17(13-16)11-12-28-22/h8,10,13,18-20H,4-7,9,11-12,14-15H2,1-3H3. The van der Waals surface area contributed by atoms with Gasteiger partial charge in [0, 0.05) is 30.8 Å². The average Bonchev–Trinajstić information content (AvgIpc) is 3.11. The summed E-state index contributed by atoms with van der Waals surface area (Å²) in [6.45, 7) is 6.48. The lowest BCUT2D eigenvalue weighted by molar-refractivity contribution is -0.127. The predicted octanol–water partition coefficient (Wildman–Crippen LogP) is 4.69. The summed E-state index contributed by atoms with van der Waals surface area (Å²) in [4.78, 5) is 27.6. The molecule has 2 fully saturated rings. The molecule has 5 nitrogen and oxygen atoms in total. The third-order valence-electron chi connectivity index (χ3n) is 6.45. The molecule has 2 atom stereocenters. The first-order valence-electron chi connectivity index (χ1n) is 11.1. The van der Waals surface area contributed by atoms with Gasteiger partial charge in [-0.25, -0.2) is 4.79 Å². The fourth-order valence-electron chi connectivity index (χ4n) is 5.12. The molecule has 0 radical (unpaired) electrons. The highest BCUT2D eigenvalue weighted by molar-refractivity contribution is 5.82. The molecule has 2 saturated heterocycles. The Morgan fingerprint density at radius 1 is 1.17 bits per heavy atom. The van der Waals surface area contributed by atoms with E-state index < -0.39 is 5.60 Å². The molecular weight excluding hydrogens is 366 g/mol. The number of Topliss-reactive ketones (excluding diaryl/α,β-unsaturated/α-hetero) is 1. The van der Waals surface area contributed by atoms with Gasteiger partial charge in [0.1, 0.15) is 17.1 Å². The van der Waals surface area contributed by atoms with Crippen LogP contribution < -0.4 is 4.74 Å². The van der Waals surface area contributed by atoms with Crippen molar-refractivity contribution in [1.29, 1.82) is 0 Å². The maximum Gasteiger partial charge on any atom is 0.410 e. The van der Waals surface area contributed by atoms with Crippen molar-refractivity contribution < 1.29 is 19.1 Å². The number of ketones is 1. The molecule has 2 bridgehead atoms. The predicted molar refractivity (Wildman–Crippen MR) is 111 cm³/mol. The van der Waals surface area contributed by atoms with Crippen LogP contribution in [0.15, 0.2) is 18.2 Å². The van der Waals surface area contributed by atoms with E-state index in [0.717, 1.165) is 57.3 Å². The van der Waals surface area contributed by atoms with Gasteiger partial charge in [-0.05, 0) is 76.5 Å². The highest BCUT2D eigenvalue weighted by Crippen LogP contribution is 2.39. The van der Waals surface area contributed by atoms with Crippen LogP contribution in [0.3, 0.4) is 0 Å². The molecule has 3 aliphatic heterocycles. The molecule has 0 aromatic heterocycles. The van der Waals surface area contributed by atoms with Gasteiger partial charge in [-0.15, -0.1) is 0 Å². The second-order valence-electron chi connectivity index (χ2n) is 9.80. The van der Waals surface area contributed by atoms with Crippen molar-refractivity contribution in [2.45, 2.75) is 89.8 Å². The summed E-state index contributed by atoms with van der Waals surface area (Å²) in [5.41, 5.74) is 1.99. The van der Waals surface area contributed by atoms with Crippen molar-refractivity contribution in [2.75, 3.05) is 6.61 Å². The van der Waals surface area contributed by atoms with Crippen LogP contribution in [0.1, 0.15) is 70.4 Å². The van der Waals surface area contributed by atoms with Crippen LogP contribution >= 0.6 is 0 Å². The fraction of sp³-hybridized carbons (Fsp3) is 0.667. The SMILES string of the molecule is CC(C)(C)OC(=O)N1C2CCCC1CC(C(=O)CCc1ccc3c(c1)CCO3)C2. The van der Waals surface area contributed by atoms with Crippen molar-refractivity contribution >= 4 is 11.9 Å². The van der Waals surface area contributed by atoms with Gasteiger partial charge in [-0.3, -0.25) is 4.79 Å². The Morgan fingerprint density at radius 2 is 1.90 bits per heavy atom. The van der Waals surface area contributed by atoms with E-state index in [2.05, 4.69) is 12.1 Å². The van der Waals surface area contributed by atoms with E-state index in [1.807, 2.05) is 31.7 Å². The number of aryl methyl sites for hydroxylation is 1. The van der Waals surface area contributed by atoms with Gasteiger partial charge >= 0.3 is 6.09 Å². The zero-order valence-corrected chi connectivity index (χ0v) is 17.9. The van der Waals surface area contributed by atoms with Gasteiger partial charge in [0.15, 0.2) is 0 Å². The molecule has 0 aliphatic carbocycles. The van der Waals surface area contributed by atoms with Crippen LogP contribution in [0.4, 0.5) is 4.79 Å². The number of hydrogen-bond acceptors (Lipinski definition) is 4. The van der Waals surface area contributed by atoms with Crippen LogP contribution in [-0.2, 0) is 22.4 Å². The molecule has 2 unspecified atom stereocenters. The summed E-state index contributed by atoms with van der Waals surface area (Å²) in [6, 6.07) is 6.59. The largest absolute Gasteiger partial charge is 0.493 e. The van der Waals surface area contributed by atoms with Gasteiger partial charge in [-0.2, -0.15) is 0 Å². The maximum atomic E-state index is 13.0. The minimum absolute atomic E-state index is 0.0711. The minimum atomic E-state index is -0.487. The zero-order valence-electron chi connectivity index (χ0n) is 17.9. The molecule has 4 rings (SSSR count). The summed E-state index contributed by atoms with van der Waals surface area (Å²) >= 11 is 0. The number of carbonyl (C=O) groups is 2. The molecule has 3 heterocycles. The molecule has 3 aliphatic rings. The topological polar surface area (TPSA) is 55.8 Å². The van der Waals surface area contributed by atoms with Crippen molar-refractivity contribution in [3.8, 4) is 5.75 Å². The number of benzene rings is 1. The number of amides is 1. The number of fused-ring (bicyclic) bond motifs is 3. The Bertz CT molecular complexity index is 768. The van der Waals surface area contributed by atoms with E-state index in [0.29, 0.717) is 12.2 Å². The number of hydrogen-bond donors (Lipinski definition) is 0. The first-order chi connectivity index (χ1) is 13.8. The van der Waals surface area contributed by atoms with Crippen molar-refractivity contribution in [1.82, 2.24) is 4.90 Å². The summed E-state index contributed by atoms with van der Waals surface area (Å²) < 4.78 is 11.2. The average molecular weight is 400 g/mol. The Labute approximate surface area is 173 Å². The second kappa shape index (κ2) is 8.00. The number of piperidine rings is 2. The second-order valence-corrected chi connectivity index (χ2v) is 9.80. The normalized spacial score (nSPS) is 25.9. The quantitative estimate of drug-likeness (QED) is 0.737. The molecule has 0 spiro atoms. The summed E-state index contributed by atoms with van der Waals surface area (Å²) in [5, 5.41) is 0. The first kappa shape index (κ1) is 20.2. The van der Waals surface area contributed by atoms with Crippen molar-refractivity contribution in [3.05, 3.63) is 29.3 Å². The lowest BCUT2D eigenvalue weighted by atomic mass is 9.76. The molecule has 158 valence electrons. The molecule has 29 heavy (non-hydrogen) atoms. The van der Waals surface area contributed by atoms with Gasteiger partial charge in [0.05, 0.1) is 6.61 Å². The molecule has 1 aromatic carbocycles. The Balaban J connectivity index is 1.35. The summed E-state index contributed by atoms with van der Waals surface area (Å²) in [6.07, 6.45) is 6.77. The zero-order chi connectivity index (χ0) is 20.6. The highest BCUT2D eigenvalue weighted by Gasteiger charge is 2.44. The molecule has 1 amide bonds. The van der Waals surface area contributed by atoms with Crippen LogP contribution in [0, 0.1) is 5.92 Å². The minimum Gasteiger partial charge on any atom is -0.493 e. The summed E-state index contributed by atoms with van der Waals surface area (Å²) in [7, 11) is 0. The number of ether oxygens (including phenoxy) is 2. The maximum absolute atomic E-state index is 13.0. The van der Waals surface area contributed by atoms with E-state index in [4.69, 9.17) is 9.47 Å². The van der Waals surface area contributed by atoms with Gasteiger partial charge < -0.3 is 14.4 Å². The van der Waals surface area contributed by atoms with Crippen LogP contribution in [0.2, 0.25) is 0 Å². The molecule has 0 saturated carbocycles. The smallest absolute Gasteiger partial charge is 0.410 e. The third kappa shape index (κ3) is 4.59. The fourth-order valence-corrected chi connectivity index (χ4v) is 5.12. The van der Waals surface area contributed by atoms with E-state index in [9.17, 15) is 9.59 Å². The first-order valence-corrected chi connectivity index (χ1v) is 11.1. The van der Waals surface area contributed by atoms with Gasteiger partial charge in [-0.1, -0.05) is 12.1 Å². The number of rotatable bonds is 4. The Hall–Kier alpha value is -2.04. The van der Waals surface area contributed by atoms with Gasteiger partial charge in [0.2, 0.25) is 0 Å². The molecule has 0 N–H and O–H groups in total. The number of nitrogens with zero attached hydrogens (tertiary/aromatic N) is 1. The van der Waals surface area contributed by atoms with Crippen LogP contribution in [-0.4, -0.2) is 41.1 Å². The molecule has 1 aromatic rings. The van der Waals surface area contributed by atoms with Crippen LogP contribution in [0.25, 0.3) is 0 Å². The third-order valence-corrected chi connectivity index (χ3v) is 6.45. The Kier molecular flexibility index (Phi) is 5.58. The van der Waals surface area contributed by atoms with Crippen molar-refractivity contribution in [2.24, 2.45) is 5.92 Å². The monoisotopic (exact) mass is 399 g/mol. The van der Waals surface area contributed by atoms with Crippen molar-refractivity contribution in [3.63, 3.8) is 0 Å². The van der Waals surface area contributed by atoms with E-state index in [1.54, 1.807) is 0 Å². The lowest BCUT2D eigenvalue weighted by Gasteiger charge is -2.48. The van der Waals surface area contributed by atoms with E-state index in [1.165, 1.54) is 11.1 Å². The number of carbonyl (C=O) groups excluding carboxylic acids is 2. The lowest BCUT2D eigenvalue weighted by Crippen LogP contribution is -2.56.